The van der Waals surface area contributed by atoms with Crippen LogP contribution < -0.4 is 0 Å². The minimum Gasteiger partial charge on any atom is -0.393 e. The molecule has 0 spiro atoms. The van der Waals surface area contributed by atoms with Crippen LogP contribution in [0, 0.1) is 5.92 Å². The fourth-order valence-corrected chi connectivity index (χ4v) is 2.03. The summed E-state index contributed by atoms with van der Waals surface area (Å²) in [6.45, 7) is 3.78. The molecule has 0 bridgehead atoms. The van der Waals surface area contributed by atoms with Crippen molar-refractivity contribution < 1.29 is 14.6 Å². The van der Waals surface area contributed by atoms with Gasteiger partial charge in [0.15, 0.2) is 0 Å². The highest BCUT2D eigenvalue weighted by Gasteiger charge is 2.18. The molecule has 0 radical (unpaired) electrons. The zero-order valence-electron chi connectivity index (χ0n) is 9.95. The van der Waals surface area contributed by atoms with E-state index in [2.05, 4.69) is 0 Å². The molecule has 90 valence electrons. The van der Waals surface area contributed by atoms with E-state index in [0.717, 1.165) is 45.3 Å². The fraction of sp³-hybridized carbons (Fsp3) is 1.00. The van der Waals surface area contributed by atoms with E-state index in [-0.39, 0.29) is 12.2 Å². The van der Waals surface area contributed by atoms with Crippen molar-refractivity contribution in [3.63, 3.8) is 0 Å². The highest BCUT2D eigenvalue weighted by Crippen LogP contribution is 2.22. The highest BCUT2D eigenvalue weighted by atomic mass is 16.5. The summed E-state index contributed by atoms with van der Waals surface area (Å²) in [6, 6.07) is 0. The van der Waals surface area contributed by atoms with E-state index in [1.807, 2.05) is 6.92 Å². The monoisotopic (exact) mass is 216 g/mol. The van der Waals surface area contributed by atoms with E-state index in [1.165, 1.54) is 0 Å². The fourth-order valence-electron chi connectivity index (χ4n) is 2.03. The lowest BCUT2D eigenvalue weighted by molar-refractivity contribution is 0.0353. The Kier molecular flexibility index (Phi) is 6.22. The van der Waals surface area contributed by atoms with Crippen molar-refractivity contribution in [2.75, 3.05) is 20.3 Å². The van der Waals surface area contributed by atoms with Crippen molar-refractivity contribution in [1.82, 2.24) is 0 Å². The molecule has 0 aliphatic carbocycles. The molecule has 2 unspecified atom stereocenters. The minimum absolute atomic E-state index is 0.161. The summed E-state index contributed by atoms with van der Waals surface area (Å²) in [6.07, 6.45) is 5.04. The normalized spacial score (nSPS) is 22.6. The van der Waals surface area contributed by atoms with Gasteiger partial charge in [-0.25, -0.2) is 0 Å². The Bertz CT molecular complexity index is 155. The average molecular weight is 216 g/mol. The maximum absolute atomic E-state index is 9.85. The molecular weight excluding hydrogens is 192 g/mol. The predicted molar refractivity (Wildman–Crippen MR) is 59.9 cm³/mol. The van der Waals surface area contributed by atoms with E-state index in [4.69, 9.17) is 9.47 Å². The van der Waals surface area contributed by atoms with Crippen LogP contribution in [0.4, 0.5) is 0 Å². The van der Waals surface area contributed by atoms with Gasteiger partial charge in [0.2, 0.25) is 0 Å². The van der Waals surface area contributed by atoms with Gasteiger partial charge in [-0.2, -0.15) is 0 Å². The van der Waals surface area contributed by atoms with Crippen LogP contribution >= 0.6 is 0 Å². The standard InChI is InChI=1S/C12H24O3/c1-10(14-2)3-4-12(13)9-11-5-7-15-8-6-11/h10-13H,3-9H2,1-2H3. The summed E-state index contributed by atoms with van der Waals surface area (Å²) in [4.78, 5) is 0. The van der Waals surface area contributed by atoms with E-state index < -0.39 is 0 Å². The van der Waals surface area contributed by atoms with Crippen molar-refractivity contribution in [1.29, 1.82) is 0 Å². The first-order chi connectivity index (χ1) is 7.22. The quantitative estimate of drug-likeness (QED) is 0.738. The Morgan fingerprint density at radius 2 is 2.00 bits per heavy atom. The van der Waals surface area contributed by atoms with Crippen LogP contribution in [0.3, 0.4) is 0 Å². The average Bonchev–Trinajstić information content (AvgIpc) is 2.27. The molecule has 1 N–H and O–H groups in total. The molecule has 2 atom stereocenters. The first-order valence-corrected chi connectivity index (χ1v) is 6.01. The molecule has 1 aliphatic rings. The second-order valence-electron chi connectivity index (χ2n) is 4.57. The SMILES string of the molecule is COC(C)CCC(O)CC1CCOCC1. The van der Waals surface area contributed by atoms with E-state index in [9.17, 15) is 5.11 Å². The molecule has 1 aliphatic heterocycles. The minimum atomic E-state index is -0.161. The van der Waals surface area contributed by atoms with Gasteiger partial charge in [0.05, 0.1) is 12.2 Å². The number of aliphatic hydroxyl groups is 1. The molecule has 3 nitrogen and oxygen atoms in total. The summed E-state index contributed by atoms with van der Waals surface area (Å²) in [5.74, 6) is 0.659. The van der Waals surface area contributed by atoms with Crippen molar-refractivity contribution in [3.8, 4) is 0 Å². The largest absolute Gasteiger partial charge is 0.393 e. The third-order valence-corrected chi connectivity index (χ3v) is 3.26. The lowest BCUT2D eigenvalue weighted by Crippen LogP contribution is -2.22. The maximum Gasteiger partial charge on any atom is 0.0544 e. The van der Waals surface area contributed by atoms with E-state index in [1.54, 1.807) is 7.11 Å². The van der Waals surface area contributed by atoms with Crippen molar-refractivity contribution >= 4 is 0 Å². The molecule has 1 heterocycles. The summed E-state index contributed by atoms with van der Waals surface area (Å²) >= 11 is 0. The van der Waals surface area contributed by atoms with Crippen molar-refractivity contribution in [2.24, 2.45) is 5.92 Å². The lowest BCUT2D eigenvalue weighted by atomic mass is 9.92. The Morgan fingerprint density at radius 1 is 1.33 bits per heavy atom. The Morgan fingerprint density at radius 3 is 2.60 bits per heavy atom. The Labute approximate surface area is 92.8 Å². The van der Waals surface area contributed by atoms with Gasteiger partial charge in [0.25, 0.3) is 0 Å². The number of hydrogen-bond donors (Lipinski definition) is 1. The summed E-state index contributed by atoms with van der Waals surface area (Å²) in [7, 11) is 1.72. The second kappa shape index (κ2) is 7.20. The molecule has 15 heavy (non-hydrogen) atoms. The summed E-state index contributed by atoms with van der Waals surface area (Å²) < 4.78 is 10.5. The zero-order chi connectivity index (χ0) is 11.1. The van der Waals surface area contributed by atoms with Gasteiger partial charge < -0.3 is 14.6 Å². The topological polar surface area (TPSA) is 38.7 Å². The van der Waals surface area contributed by atoms with Gasteiger partial charge in [-0.3, -0.25) is 0 Å². The molecule has 0 aromatic rings. The van der Waals surface area contributed by atoms with Gasteiger partial charge in [0, 0.05) is 20.3 Å². The Hall–Kier alpha value is -0.120. The number of methoxy groups -OCH3 is 1. The van der Waals surface area contributed by atoms with Crippen LogP contribution in [-0.2, 0) is 9.47 Å². The smallest absolute Gasteiger partial charge is 0.0544 e. The molecule has 0 saturated carbocycles. The third-order valence-electron chi connectivity index (χ3n) is 3.26. The van der Waals surface area contributed by atoms with Gasteiger partial charge >= 0.3 is 0 Å². The first kappa shape index (κ1) is 12.9. The molecule has 0 aromatic heterocycles. The van der Waals surface area contributed by atoms with Crippen LogP contribution in [-0.4, -0.2) is 37.6 Å². The van der Waals surface area contributed by atoms with Crippen LogP contribution in [0.15, 0.2) is 0 Å². The van der Waals surface area contributed by atoms with Crippen LogP contribution in [0.25, 0.3) is 0 Å². The van der Waals surface area contributed by atoms with Crippen LogP contribution in [0.1, 0.15) is 39.0 Å². The predicted octanol–water partition coefficient (Wildman–Crippen LogP) is 1.98. The number of rotatable bonds is 6. The first-order valence-electron chi connectivity index (χ1n) is 6.01. The summed E-state index contributed by atoms with van der Waals surface area (Å²) in [5, 5.41) is 9.85. The van der Waals surface area contributed by atoms with E-state index in [0.29, 0.717) is 5.92 Å². The van der Waals surface area contributed by atoms with Gasteiger partial charge in [0.1, 0.15) is 0 Å². The number of ether oxygens (including phenoxy) is 2. The lowest BCUT2D eigenvalue weighted by Gasteiger charge is -2.24. The molecule has 1 rings (SSSR count). The Balaban J connectivity index is 2.08. The van der Waals surface area contributed by atoms with E-state index >= 15 is 0 Å². The molecule has 0 amide bonds. The van der Waals surface area contributed by atoms with Gasteiger partial charge in [-0.15, -0.1) is 0 Å². The van der Waals surface area contributed by atoms with Crippen LogP contribution in [0.5, 0.6) is 0 Å². The molecular formula is C12H24O3. The zero-order valence-corrected chi connectivity index (χ0v) is 9.95. The molecule has 1 fully saturated rings. The van der Waals surface area contributed by atoms with Crippen molar-refractivity contribution in [2.45, 2.75) is 51.2 Å². The summed E-state index contributed by atoms with van der Waals surface area (Å²) in [5.41, 5.74) is 0. The third kappa shape index (κ3) is 5.50. The van der Waals surface area contributed by atoms with Crippen molar-refractivity contribution in [3.05, 3.63) is 0 Å². The highest BCUT2D eigenvalue weighted by molar-refractivity contribution is 4.69. The maximum atomic E-state index is 9.85. The van der Waals surface area contributed by atoms with Gasteiger partial charge in [-0.1, -0.05) is 0 Å². The van der Waals surface area contributed by atoms with Crippen LogP contribution in [0.2, 0.25) is 0 Å². The molecule has 0 aromatic carbocycles. The molecule has 1 saturated heterocycles. The second-order valence-corrected chi connectivity index (χ2v) is 4.57. The molecule has 3 heteroatoms. The number of hydrogen-bond acceptors (Lipinski definition) is 3. The van der Waals surface area contributed by atoms with Gasteiger partial charge in [-0.05, 0) is 44.9 Å². The number of aliphatic hydroxyl groups excluding tert-OH is 1.